The number of Topliss-reactive ketones (excluding diaryl/α,β-unsaturated/α-hetero) is 1. The summed E-state index contributed by atoms with van der Waals surface area (Å²) in [7, 11) is 0. The minimum atomic E-state index is -1.79. The molecule has 0 bridgehead atoms. The van der Waals surface area contributed by atoms with Crippen molar-refractivity contribution in [2.45, 2.75) is 58.3 Å². The predicted molar refractivity (Wildman–Crippen MR) is 133 cm³/mol. The Kier molecular flexibility index (Phi) is 6.93. The number of fused-ring (bicyclic) bond motifs is 2. The predicted octanol–water partition coefficient (Wildman–Crippen LogP) is 3.47. The molecule has 3 N–H and O–H groups in total. The Morgan fingerprint density at radius 3 is 2.54 bits per heavy atom. The largest absolute Gasteiger partial charge is 0.447 e. The monoisotopic (exact) mass is 480 g/mol. The van der Waals surface area contributed by atoms with Gasteiger partial charge in [0.25, 0.3) is 0 Å². The van der Waals surface area contributed by atoms with Gasteiger partial charge in [-0.2, -0.15) is 0 Å². The van der Waals surface area contributed by atoms with Crippen LogP contribution in [-0.2, 0) is 14.3 Å². The third kappa shape index (κ3) is 4.55. The Morgan fingerprint density at radius 1 is 1.20 bits per heavy atom. The average molecular weight is 481 g/mol. The maximum atomic E-state index is 14.1. The number of esters is 1. The maximum absolute atomic E-state index is 14.1. The Labute approximate surface area is 207 Å². The fourth-order valence-corrected chi connectivity index (χ4v) is 6.12. The van der Waals surface area contributed by atoms with E-state index in [2.05, 4.69) is 13.8 Å². The van der Waals surface area contributed by atoms with Crippen molar-refractivity contribution in [2.24, 2.45) is 29.1 Å². The van der Waals surface area contributed by atoms with Gasteiger partial charge in [0.1, 0.15) is 0 Å². The molecule has 1 aromatic carbocycles. The highest BCUT2D eigenvalue weighted by atomic mass is 16.6. The molecule has 0 radical (unpaired) electrons. The first-order valence-corrected chi connectivity index (χ1v) is 12.4. The van der Waals surface area contributed by atoms with E-state index in [4.69, 9.17) is 4.74 Å². The van der Waals surface area contributed by atoms with Crippen molar-refractivity contribution in [1.29, 1.82) is 0 Å². The summed E-state index contributed by atoms with van der Waals surface area (Å²) in [4.78, 5) is 27.1. The van der Waals surface area contributed by atoms with Crippen LogP contribution < -0.4 is 0 Å². The van der Waals surface area contributed by atoms with Crippen molar-refractivity contribution in [3.05, 3.63) is 65.3 Å². The van der Waals surface area contributed by atoms with Crippen molar-refractivity contribution in [3.8, 4) is 0 Å². The number of ketones is 1. The number of hydrogen-bond donors (Lipinski definition) is 3. The fourth-order valence-electron chi connectivity index (χ4n) is 6.12. The van der Waals surface area contributed by atoms with Crippen LogP contribution in [0.25, 0.3) is 6.08 Å². The van der Waals surface area contributed by atoms with Crippen LogP contribution in [0.15, 0.2) is 59.7 Å². The Balaban J connectivity index is 1.78. The smallest absolute Gasteiger partial charge is 0.331 e. The normalized spacial score (nSPS) is 36.5. The molecule has 0 saturated heterocycles. The summed E-state index contributed by atoms with van der Waals surface area (Å²) < 4.78 is 5.93. The number of ether oxygens (including phenoxy) is 1. The first kappa shape index (κ1) is 25.5. The molecular weight excluding hydrogens is 444 g/mol. The second-order valence-corrected chi connectivity index (χ2v) is 11.0. The zero-order chi connectivity index (χ0) is 25.5. The van der Waals surface area contributed by atoms with E-state index in [0.29, 0.717) is 5.57 Å². The summed E-state index contributed by atoms with van der Waals surface area (Å²) in [5.41, 5.74) is -0.234. The molecule has 0 aromatic heterocycles. The lowest BCUT2D eigenvalue weighted by molar-refractivity contribution is -0.172. The first-order chi connectivity index (χ1) is 16.5. The number of carbonyl (C=O) groups excluding carboxylic acids is 2. The molecule has 2 saturated carbocycles. The Morgan fingerprint density at radius 2 is 1.89 bits per heavy atom. The highest BCUT2D eigenvalue weighted by Crippen LogP contribution is 2.62. The SMILES string of the molecule is CC1=CCC2C(C=C(CO)C(=O)C3(OC(=O)C=Cc4ccccc4)CC(C)C(O)C3C1O)C2(C)C. The minimum Gasteiger partial charge on any atom is -0.447 e. The van der Waals surface area contributed by atoms with Crippen molar-refractivity contribution in [3.63, 3.8) is 0 Å². The standard InChI is InChI=1S/C29H36O6/c1-17-10-12-21-22(28(21,3)4)14-20(16-30)27(34)29(15-18(2)26(33)24(29)25(17)32)35-23(31)13-11-19-8-6-5-7-9-19/h5-11,13-14,18,21-22,24-26,30,32-33H,12,15-16H2,1-4H3. The molecule has 0 spiro atoms. The number of carbonyl (C=O) groups is 2. The lowest BCUT2D eigenvalue weighted by atomic mass is 9.77. The molecule has 3 aliphatic rings. The number of hydrogen-bond acceptors (Lipinski definition) is 6. The van der Waals surface area contributed by atoms with Gasteiger partial charge in [0.2, 0.25) is 5.78 Å². The lowest BCUT2D eigenvalue weighted by Gasteiger charge is -2.37. The van der Waals surface area contributed by atoms with Gasteiger partial charge < -0.3 is 20.1 Å². The molecule has 4 rings (SSSR count). The van der Waals surface area contributed by atoms with Crippen LogP contribution in [0.5, 0.6) is 0 Å². The van der Waals surface area contributed by atoms with E-state index in [1.165, 1.54) is 6.08 Å². The van der Waals surface area contributed by atoms with Gasteiger partial charge >= 0.3 is 5.97 Å². The minimum absolute atomic E-state index is 0.0498. The zero-order valence-electron chi connectivity index (χ0n) is 20.8. The maximum Gasteiger partial charge on any atom is 0.331 e. The van der Waals surface area contributed by atoms with E-state index in [9.17, 15) is 24.9 Å². The molecule has 0 heterocycles. The highest BCUT2D eigenvalue weighted by molar-refractivity contribution is 6.04. The van der Waals surface area contributed by atoms with Crippen LogP contribution in [0.4, 0.5) is 0 Å². The molecule has 7 unspecified atom stereocenters. The van der Waals surface area contributed by atoms with Gasteiger partial charge in [-0.3, -0.25) is 4.79 Å². The van der Waals surface area contributed by atoms with Crippen LogP contribution in [0.1, 0.15) is 46.1 Å². The van der Waals surface area contributed by atoms with E-state index < -0.39 is 48.0 Å². The summed E-state index contributed by atoms with van der Waals surface area (Å²) in [6.07, 6.45) is 5.17. The van der Waals surface area contributed by atoms with Gasteiger partial charge in [-0.1, -0.05) is 63.3 Å². The number of allylic oxidation sites excluding steroid dienone is 2. The van der Waals surface area contributed by atoms with E-state index in [-0.39, 0.29) is 29.2 Å². The van der Waals surface area contributed by atoms with E-state index in [1.807, 2.05) is 42.5 Å². The molecule has 6 heteroatoms. The average Bonchev–Trinajstić information content (AvgIpc) is 3.25. The number of benzene rings is 1. The molecule has 6 nitrogen and oxygen atoms in total. The summed E-state index contributed by atoms with van der Waals surface area (Å²) in [6, 6.07) is 9.23. The molecule has 188 valence electrons. The Hall–Kier alpha value is -2.54. The van der Waals surface area contributed by atoms with Gasteiger partial charge in [0, 0.05) is 18.1 Å². The summed E-state index contributed by atoms with van der Waals surface area (Å²) >= 11 is 0. The second-order valence-electron chi connectivity index (χ2n) is 11.0. The van der Waals surface area contributed by atoms with E-state index >= 15 is 0 Å². The fraction of sp³-hybridized carbons (Fsp3) is 0.517. The van der Waals surface area contributed by atoms with Crippen molar-refractivity contribution in [2.75, 3.05) is 6.61 Å². The Bertz CT molecular complexity index is 1070. The van der Waals surface area contributed by atoms with Gasteiger partial charge in [-0.05, 0) is 53.7 Å². The lowest BCUT2D eigenvalue weighted by Crippen LogP contribution is -2.54. The summed E-state index contributed by atoms with van der Waals surface area (Å²) in [5, 5.41) is 32.7. The van der Waals surface area contributed by atoms with Gasteiger partial charge in [0.05, 0.1) is 24.7 Å². The number of aliphatic hydroxyl groups is 3. The van der Waals surface area contributed by atoms with Crippen molar-refractivity contribution >= 4 is 17.8 Å². The van der Waals surface area contributed by atoms with E-state index in [1.54, 1.807) is 19.9 Å². The van der Waals surface area contributed by atoms with E-state index in [0.717, 1.165) is 12.0 Å². The molecule has 1 aromatic rings. The van der Waals surface area contributed by atoms with Gasteiger partial charge in [-0.15, -0.1) is 0 Å². The molecule has 0 amide bonds. The molecule has 0 aliphatic heterocycles. The molecule has 3 aliphatic carbocycles. The zero-order valence-corrected chi connectivity index (χ0v) is 20.8. The van der Waals surface area contributed by atoms with Crippen molar-refractivity contribution < 1.29 is 29.6 Å². The van der Waals surface area contributed by atoms with Crippen molar-refractivity contribution in [1.82, 2.24) is 0 Å². The van der Waals surface area contributed by atoms with Crippen LogP contribution in [0.3, 0.4) is 0 Å². The first-order valence-electron chi connectivity index (χ1n) is 12.4. The van der Waals surface area contributed by atoms with Crippen LogP contribution in [-0.4, -0.2) is 51.5 Å². The van der Waals surface area contributed by atoms with Crippen LogP contribution >= 0.6 is 0 Å². The van der Waals surface area contributed by atoms with Gasteiger partial charge in [-0.25, -0.2) is 4.79 Å². The summed E-state index contributed by atoms with van der Waals surface area (Å²) in [5.74, 6) is -2.36. The topological polar surface area (TPSA) is 104 Å². The quantitative estimate of drug-likeness (QED) is 0.346. The molecule has 2 fully saturated rings. The molecule has 7 atom stereocenters. The second kappa shape index (κ2) is 9.49. The highest BCUT2D eigenvalue weighted by Gasteiger charge is 2.63. The van der Waals surface area contributed by atoms with Crippen LogP contribution in [0.2, 0.25) is 0 Å². The number of rotatable bonds is 4. The van der Waals surface area contributed by atoms with Crippen LogP contribution in [0, 0.1) is 29.1 Å². The molecular formula is C29H36O6. The third-order valence-electron chi connectivity index (χ3n) is 8.48. The molecule has 35 heavy (non-hydrogen) atoms. The van der Waals surface area contributed by atoms with Gasteiger partial charge in [0.15, 0.2) is 5.60 Å². The summed E-state index contributed by atoms with van der Waals surface area (Å²) in [6.45, 7) is 7.31. The number of aliphatic hydroxyl groups excluding tert-OH is 3. The third-order valence-corrected chi connectivity index (χ3v) is 8.48.